The Morgan fingerprint density at radius 3 is 2.17 bits per heavy atom. The molecule has 35 heavy (non-hydrogen) atoms. The average molecular weight is 513 g/mol. The van der Waals surface area contributed by atoms with Crippen molar-refractivity contribution in [2.75, 3.05) is 31.9 Å². The van der Waals surface area contributed by atoms with Crippen LogP contribution < -0.4 is 16.2 Å². The predicted octanol–water partition coefficient (Wildman–Crippen LogP) is 3.41. The number of quaternary nitrogens is 1. The Hall–Kier alpha value is -2.75. The van der Waals surface area contributed by atoms with Crippen molar-refractivity contribution in [2.24, 2.45) is 4.99 Å². The van der Waals surface area contributed by atoms with Crippen LogP contribution in [-0.4, -0.2) is 48.7 Å². The number of carbonyl (C=O) groups is 2. The van der Waals surface area contributed by atoms with Gasteiger partial charge in [-0.15, -0.1) is 22.7 Å². The van der Waals surface area contributed by atoms with Crippen LogP contribution in [0.3, 0.4) is 0 Å². The van der Waals surface area contributed by atoms with Gasteiger partial charge in [0.1, 0.15) is 10.7 Å². The number of fused-ring (bicyclic) bond motifs is 1. The number of carbonyl (C=O) groups excluding carboxylic acids is 2. The molecular formula is C26H32N4O3S2. The number of hydrogen-bond donors (Lipinski definition) is 2. The number of amidine groups is 1. The number of hydrogen-bond acceptors (Lipinski definition) is 7. The third-order valence-electron chi connectivity index (χ3n) is 6.39. The lowest BCUT2D eigenvalue weighted by atomic mass is 10.1. The largest absolute Gasteiger partial charge is 0.544 e. The van der Waals surface area contributed by atoms with Gasteiger partial charge in [0.25, 0.3) is 0 Å². The second-order valence-electron chi connectivity index (χ2n) is 8.90. The van der Waals surface area contributed by atoms with Gasteiger partial charge in [0.15, 0.2) is 0 Å². The summed E-state index contributed by atoms with van der Waals surface area (Å²) in [6.07, 6.45) is 7.74. The molecule has 0 bridgehead atoms. The van der Waals surface area contributed by atoms with Gasteiger partial charge in [-0.2, -0.15) is 0 Å². The number of carboxylic acids is 1. The summed E-state index contributed by atoms with van der Waals surface area (Å²) in [6.45, 7) is 6.44. The second-order valence-corrected chi connectivity index (χ2v) is 11.2. The minimum atomic E-state index is -1.28. The number of nitrogen functional groups attached to an aromatic ring is 1. The van der Waals surface area contributed by atoms with E-state index in [1.165, 1.54) is 50.1 Å². The van der Waals surface area contributed by atoms with Crippen molar-refractivity contribution in [3.05, 3.63) is 45.6 Å². The molecule has 0 spiro atoms. The number of thiophene rings is 2. The number of rotatable bonds is 4. The molecule has 0 radical (unpaired) electrons. The molecule has 2 aromatic heterocycles. The van der Waals surface area contributed by atoms with Crippen molar-refractivity contribution in [3.63, 3.8) is 0 Å². The van der Waals surface area contributed by atoms with E-state index in [9.17, 15) is 14.7 Å². The maximum absolute atomic E-state index is 12.9. The van der Waals surface area contributed by atoms with Crippen LogP contribution in [-0.2, 0) is 0 Å². The fourth-order valence-corrected chi connectivity index (χ4v) is 6.86. The zero-order valence-electron chi connectivity index (χ0n) is 20.0. The topological polar surface area (TPSA) is 115 Å². The molecular weight excluding hydrogens is 480 g/mol. The molecule has 2 aliphatic heterocycles. The molecule has 0 saturated carbocycles. The molecule has 5 rings (SSSR count). The van der Waals surface area contributed by atoms with Crippen LogP contribution in [0, 0.1) is 0 Å². The number of carboxylic acid groups (broad SMARTS) is 1. The van der Waals surface area contributed by atoms with Gasteiger partial charge in [-0.25, -0.2) is 4.99 Å². The maximum atomic E-state index is 12.9. The molecule has 2 aliphatic rings. The van der Waals surface area contributed by atoms with E-state index >= 15 is 0 Å². The quantitative estimate of drug-likeness (QED) is 0.316. The second kappa shape index (κ2) is 11.8. The van der Waals surface area contributed by atoms with Crippen molar-refractivity contribution in [2.45, 2.75) is 45.4 Å². The Labute approximate surface area is 213 Å². The van der Waals surface area contributed by atoms with E-state index in [1.54, 1.807) is 24.3 Å². The molecule has 2 fully saturated rings. The molecule has 3 aromatic rings. The van der Waals surface area contributed by atoms with Crippen LogP contribution in [0.25, 0.3) is 9.40 Å². The number of nitrogens with zero attached hydrogens (tertiary/aromatic N) is 2. The third kappa shape index (κ3) is 5.91. The van der Waals surface area contributed by atoms with Gasteiger partial charge in [-0.05, 0) is 45.4 Å². The molecule has 2 saturated heterocycles. The van der Waals surface area contributed by atoms with Gasteiger partial charge in [0, 0.05) is 18.7 Å². The predicted molar refractivity (Wildman–Crippen MR) is 142 cm³/mol. The number of aromatic carboxylic acids is 1. The number of nitrogens with two attached hydrogens (primary N) is 2. The van der Waals surface area contributed by atoms with Crippen LogP contribution in [0.1, 0.15) is 70.4 Å². The molecule has 0 amide bonds. The lowest BCUT2D eigenvalue weighted by Gasteiger charge is -2.28. The number of aliphatic imine (C=N–C) groups is 1. The van der Waals surface area contributed by atoms with Crippen LogP contribution in [0.5, 0.6) is 0 Å². The average Bonchev–Trinajstić information content (AvgIpc) is 3.43. The van der Waals surface area contributed by atoms with E-state index in [4.69, 9.17) is 5.73 Å². The molecule has 0 unspecified atom stereocenters. The minimum Gasteiger partial charge on any atom is -0.544 e. The highest BCUT2D eigenvalue weighted by molar-refractivity contribution is 7.40. The van der Waals surface area contributed by atoms with E-state index in [-0.39, 0.29) is 16.3 Å². The van der Waals surface area contributed by atoms with Gasteiger partial charge in [0.05, 0.1) is 44.7 Å². The van der Waals surface area contributed by atoms with Crippen molar-refractivity contribution in [1.82, 2.24) is 4.90 Å². The Morgan fingerprint density at radius 1 is 0.971 bits per heavy atom. The van der Waals surface area contributed by atoms with Crippen molar-refractivity contribution in [3.8, 4) is 0 Å². The highest BCUT2D eigenvalue weighted by atomic mass is 32.2. The summed E-state index contributed by atoms with van der Waals surface area (Å²) in [5.74, 6) is -0.693. The van der Waals surface area contributed by atoms with Crippen LogP contribution in [0.2, 0.25) is 0 Å². The summed E-state index contributed by atoms with van der Waals surface area (Å²) in [5, 5.41) is 14.6. The molecule has 9 heteroatoms. The Morgan fingerprint density at radius 2 is 1.60 bits per heavy atom. The first-order valence-electron chi connectivity index (χ1n) is 12.2. The summed E-state index contributed by atoms with van der Waals surface area (Å²) in [6, 6.07) is 8.91. The first kappa shape index (κ1) is 25.3. The Kier molecular flexibility index (Phi) is 8.54. The molecule has 1 aromatic carbocycles. The van der Waals surface area contributed by atoms with Crippen LogP contribution in [0.15, 0.2) is 35.3 Å². The summed E-state index contributed by atoms with van der Waals surface area (Å²) < 4.78 is 0.672. The van der Waals surface area contributed by atoms with E-state index in [0.29, 0.717) is 25.5 Å². The van der Waals surface area contributed by atoms with Crippen molar-refractivity contribution >= 4 is 61.0 Å². The number of likely N-dealkylation sites (tertiary alicyclic amines) is 1. The number of ketones is 1. The molecule has 186 valence electrons. The molecule has 4 heterocycles. The highest BCUT2D eigenvalue weighted by Gasteiger charge is 2.25. The summed E-state index contributed by atoms with van der Waals surface area (Å²) in [4.78, 5) is 31.9. The third-order valence-corrected chi connectivity index (χ3v) is 8.84. The summed E-state index contributed by atoms with van der Waals surface area (Å²) in [7, 11) is 0. The van der Waals surface area contributed by atoms with E-state index < -0.39 is 5.97 Å². The number of piperidine rings is 2. The van der Waals surface area contributed by atoms with E-state index in [0.717, 1.165) is 43.1 Å². The van der Waals surface area contributed by atoms with E-state index in [1.807, 2.05) is 13.0 Å². The van der Waals surface area contributed by atoms with Crippen LogP contribution in [0.4, 0.5) is 11.4 Å². The van der Waals surface area contributed by atoms with Crippen molar-refractivity contribution in [1.29, 1.82) is 0 Å². The van der Waals surface area contributed by atoms with Gasteiger partial charge < -0.3 is 25.9 Å². The smallest absolute Gasteiger partial charge is 0.205 e. The van der Waals surface area contributed by atoms with Gasteiger partial charge in [0.2, 0.25) is 5.78 Å². The van der Waals surface area contributed by atoms with Crippen LogP contribution >= 0.6 is 22.7 Å². The number of anilines is 1. The summed E-state index contributed by atoms with van der Waals surface area (Å²) >= 11 is 2.28. The highest BCUT2D eigenvalue weighted by Crippen LogP contribution is 2.47. The minimum absolute atomic E-state index is 0.0491. The zero-order valence-corrected chi connectivity index (χ0v) is 21.7. The molecule has 7 nitrogen and oxygen atoms in total. The fraction of sp³-hybridized carbons (Fsp3) is 0.423. The normalized spacial score (nSPS) is 16.6. The fourth-order valence-electron chi connectivity index (χ4n) is 4.46. The molecule has 4 N–H and O–H groups in total. The van der Waals surface area contributed by atoms with Gasteiger partial charge in [-0.1, -0.05) is 30.3 Å². The standard InChI is InChI=1S/C21H21N3O3S2.C5H11N/c1-12(24-10-6-3-7-11-24)23-16-14-15(22)18(17(25)13-8-4-2-5-9-13)28-21(14)29-19(16)20(26)27;1-2-4-6-5-3-1/h2,4-5,8-9H,3,6-7,10-11,22H2,1H3,(H,26,27);6H,1-5H2. The lowest BCUT2D eigenvalue weighted by Crippen LogP contribution is -2.85. The van der Waals surface area contributed by atoms with E-state index in [2.05, 4.69) is 15.2 Å². The SMILES string of the molecule is C1CC[NH2+]CC1.CC(=Nc1c(C(=O)[O-])sc2sc(C(=O)c3ccccc3)c(N)c12)N1CCCCC1. The first-order chi connectivity index (χ1) is 17.0. The zero-order chi connectivity index (χ0) is 24.8. The first-order valence-corrected chi connectivity index (χ1v) is 13.9. The molecule has 0 aliphatic carbocycles. The monoisotopic (exact) mass is 512 g/mol. The lowest BCUT2D eigenvalue weighted by molar-refractivity contribution is -0.662. The summed E-state index contributed by atoms with van der Waals surface area (Å²) in [5.41, 5.74) is 7.47. The Bertz CT molecular complexity index is 1190. The number of benzene rings is 1. The van der Waals surface area contributed by atoms with Gasteiger partial charge in [-0.3, -0.25) is 4.79 Å². The molecule has 0 atom stereocenters. The Balaban J connectivity index is 0.000000421. The van der Waals surface area contributed by atoms with Gasteiger partial charge >= 0.3 is 0 Å². The van der Waals surface area contributed by atoms with Crippen molar-refractivity contribution < 1.29 is 20.0 Å². The maximum Gasteiger partial charge on any atom is 0.205 e.